The summed E-state index contributed by atoms with van der Waals surface area (Å²) >= 11 is 0. The number of rotatable bonds is 5. The van der Waals surface area contributed by atoms with E-state index in [9.17, 15) is 4.79 Å². The van der Waals surface area contributed by atoms with Crippen LogP contribution in [0.1, 0.15) is 28.8 Å². The minimum atomic E-state index is 0.213. The summed E-state index contributed by atoms with van der Waals surface area (Å²) in [5.74, 6) is 0.213. The molecule has 0 aliphatic rings. The molecule has 1 aromatic carbocycles. The van der Waals surface area contributed by atoms with E-state index in [1.165, 1.54) is 5.56 Å². The Hall–Kier alpha value is -1.90. The highest BCUT2D eigenvalue weighted by Crippen LogP contribution is 2.08. The standard InChI is InChI=1S/C14H16N2O/c1-12-4-6-13(7-5-12)14(17)3-2-9-16-10-8-15-11-16/h4-8,10-11H,2-3,9H2,1H3. The fourth-order valence-corrected chi connectivity index (χ4v) is 1.72. The Morgan fingerprint density at radius 2 is 2.06 bits per heavy atom. The Bertz CT molecular complexity index is 471. The molecule has 0 atom stereocenters. The molecule has 0 amide bonds. The van der Waals surface area contributed by atoms with E-state index in [4.69, 9.17) is 0 Å². The summed E-state index contributed by atoms with van der Waals surface area (Å²) in [6.07, 6.45) is 6.87. The molecule has 0 spiro atoms. The Morgan fingerprint density at radius 1 is 1.29 bits per heavy atom. The molecule has 1 heterocycles. The first-order valence-electron chi connectivity index (χ1n) is 5.81. The number of aromatic nitrogens is 2. The third kappa shape index (κ3) is 3.28. The largest absolute Gasteiger partial charge is 0.337 e. The van der Waals surface area contributed by atoms with Crippen LogP contribution in [0.2, 0.25) is 0 Å². The van der Waals surface area contributed by atoms with Gasteiger partial charge in [-0.2, -0.15) is 0 Å². The molecule has 1 aromatic heterocycles. The molecule has 3 heteroatoms. The van der Waals surface area contributed by atoms with E-state index in [0.29, 0.717) is 6.42 Å². The third-order valence-electron chi connectivity index (χ3n) is 2.75. The molecule has 2 aromatic rings. The maximum absolute atomic E-state index is 11.9. The summed E-state index contributed by atoms with van der Waals surface area (Å²) in [6.45, 7) is 2.87. The molecule has 0 saturated carbocycles. The van der Waals surface area contributed by atoms with Gasteiger partial charge in [0.1, 0.15) is 0 Å². The van der Waals surface area contributed by atoms with Crippen LogP contribution >= 0.6 is 0 Å². The van der Waals surface area contributed by atoms with Gasteiger partial charge in [0.15, 0.2) is 5.78 Å². The normalized spacial score (nSPS) is 10.4. The monoisotopic (exact) mass is 228 g/mol. The topological polar surface area (TPSA) is 34.9 Å². The molecule has 0 unspecified atom stereocenters. The van der Waals surface area contributed by atoms with Crippen molar-refractivity contribution in [1.82, 2.24) is 9.55 Å². The molecule has 0 aliphatic heterocycles. The number of imidazole rings is 1. The van der Waals surface area contributed by atoms with E-state index < -0.39 is 0 Å². The number of aryl methyl sites for hydroxylation is 2. The van der Waals surface area contributed by atoms with Crippen molar-refractivity contribution in [2.75, 3.05) is 0 Å². The molecule has 0 saturated heterocycles. The molecule has 88 valence electrons. The van der Waals surface area contributed by atoms with Crippen LogP contribution in [0.4, 0.5) is 0 Å². The molecular weight excluding hydrogens is 212 g/mol. The van der Waals surface area contributed by atoms with Gasteiger partial charge in [-0.25, -0.2) is 4.98 Å². The molecule has 0 bridgehead atoms. The minimum Gasteiger partial charge on any atom is -0.337 e. The maximum Gasteiger partial charge on any atom is 0.162 e. The van der Waals surface area contributed by atoms with Gasteiger partial charge in [0.2, 0.25) is 0 Å². The summed E-state index contributed by atoms with van der Waals surface area (Å²) in [7, 11) is 0. The molecular formula is C14H16N2O. The van der Waals surface area contributed by atoms with E-state index in [2.05, 4.69) is 4.98 Å². The van der Waals surface area contributed by atoms with Crippen LogP contribution in [0.3, 0.4) is 0 Å². The van der Waals surface area contributed by atoms with E-state index >= 15 is 0 Å². The number of Topliss-reactive ketones (excluding diaryl/α,β-unsaturated/α-hetero) is 1. The second-order valence-corrected chi connectivity index (χ2v) is 4.19. The first-order valence-corrected chi connectivity index (χ1v) is 5.81. The summed E-state index contributed by atoms with van der Waals surface area (Å²) < 4.78 is 1.99. The highest BCUT2D eigenvalue weighted by Gasteiger charge is 2.04. The molecule has 2 rings (SSSR count). The van der Waals surface area contributed by atoms with Crippen molar-refractivity contribution in [3.63, 3.8) is 0 Å². The molecule has 0 N–H and O–H groups in total. The van der Waals surface area contributed by atoms with Crippen molar-refractivity contribution >= 4 is 5.78 Å². The number of carbonyl (C=O) groups excluding carboxylic acids is 1. The van der Waals surface area contributed by atoms with E-state index in [0.717, 1.165) is 18.5 Å². The van der Waals surface area contributed by atoms with E-state index in [1.807, 2.05) is 42.0 Å². The fourth-order valence-electron chi connectivity index (χ4n) is 1.72. The van der Waals surface area contributed by atoms with Gasteiger partial charge in [0.05, 0.1) is 6.33 Å². The van der Waals surface area contributed by atoms with Gasteiger partial charge >= 0.3 is 0 Å². The number of benzene rings is 1. The van der Waals surface area contributed by atoms with Crippen molar-refractivity contribution < 1.29 is 4.79 Å². The quantitative estimate of drug-likeness (QED) is 0.737. The molecule has 3 nitrogen and oxygen atoms in total. The Labute approximate surface area is 101 Å². The lowest BCUT2D eigenvalue weighted by molar-refractivity contribution is 0.0978. The average molecular weight is 228 g/mol. The number of hydrogen-bond donors (Lipinski definition) is 0. The fraction of sp³-hybridized carbons (Fsp3) is 0.286. The summed E-state index contributed by atoms with van der Waals surface area (Å²) in [5, 5.41) is 0. The van der Waals surface area contributed by atoms with Gasteiger partial charge in [0.25, 0.3) is 0 Å². The summed E-state index contributed by atoms with van der Waals surface area (Å²) in [6, 6.07) is 7.75. The van der Waals surface area contributed by atoms with E-state index in [-0.39, 0.29) is 5.78 Å². The highest BCUT2D eigenvalue weighted by atomic mass is 16.1. The van der Waals surface area contributed by atoms with E-state index in [1.54, 1.807) is 12.5 Å². The zero-order valence-electron chi connectivity index (χ0n) is 9.97. The average Bonchev–Trinajstić information content (AvgIpc) is 2.83. The van der Waals surface area contributed by atoms with Crippen LogP contribution in [0.25, 0.3) is 0 Å². The third-order valence-corrected chi connectivity index (χ3v) is 2.75. The number of hydrogen-bond acceptors (Lipinski definition) is 2. The second-order valence-electron chi connectivity index (χ2n) is 4.19. The Balaban J connectivity index is 1.83. The molecule has 17 heavy (non-hydrogen) atoms. The minimum absolute atomic E-state index is 0.213. The lowest BCUT2D eigenvalue weighted by Crippen LogP contribution is -2.02. The van der Waals surface area contributed by atoms with Gasteiger partial charge in [-0.1, -0.05) is 29.8 Å². The van der Waals surface area contributed by atoms with Gasteiger partial charge in [0, 0.05) is 30.9 Å². The zero-order valence-corrected chi connectivity index (χ0v) is 9.97. The number of ketones is 1. The number of carbonyl (C=O) groups is 1. The lowest BCUT2D eigenvalue weighted by Gasteiger charge is -2.03. The van der Waals surface area contributed by atoms with Gasteiger partial charge in [-0.3, -0.25) is 4.79 Å². The van der Waals surface area contributed by atoms with Gasteiger partial charge in [-0.15, -0.1) is 0 Å². The second kappa shape index (κ2) is 5.43. The predicted octanol–water partition coefficient (Wildman–Crippen LogP) is 2.85. The Morgan fingerprint density at radius 3 is 2.71 bits per heavy atom. The van der Waals surface area contributed by atoms with Crippen LogP contribution < -0.4 is 0 Å². The van der Waals surface area contributed by atoms with Crippen molar-refractivity contribution in [3.8, 4) is 0 Å². The van der Waals surface area contributed by atoms with Gasteiger partial charge in [-0.05, 0) is 13.3 Å². The van der Waals surface area contributed by atoms with Crippen molar-refractivity contribution in [1.29, 1.82) is 0 Å². The molecule has 0 fully saturated rings. The van der Waals surface area contributed by atoms with Crippen molar-refractivity contribution in [2.24, 2.45) is 0 Å². The summed E-state index contributed by atoms with van der Waals surface area (Å²) in [5.41, 5.74) is 1.99. The Kier molecular flexibility index (Phi) is 3.70. The lowest BCUT2D eigenvalue weighted by atomic mass is 10.1. The molecule has 0 radical (unpaired) electrons. The van der Waals surface area contributed by atoms with Crippen molar-refractivity contribution in [3.05, 3.63) is 54.1 Å². The van der Waals surface area contributed by atoms with Gasteiger partial charge < -0.3 is 4.57 Å². The maximum atomic E-state index is 11.9. The van der Waals surface area contributed by atoms with Crippen LogP contribution in [0.5, 0.6) is 0 Å². The van der Waals surface area contributed by atoms with Crippen LogP contribution in [0.15, 0.2) is 43.0 Å². The first kappa shape index (κ1) is 11.6. The van der Waals surface area contributed by atoms with Crippen molar-refractivity contribution in [2.45, 2.75) is 26.3 Å². The molecule has 0 aliphatic carbocycles. The predicted molar refractivity (Wildman–Crippen MR) is 67.0 cm³/mol. The smallest absolute Gasteiger partial charge is 0.162 e. The first-order chi connectivity index (χ1) is 8.25. The van der Waals surface area contributed by atoms with Crippen LogP contribution in [-0.4, -0.2) is 15.3 Å². The van der Waals surface area contributed by atoms with Crippen LogP contribution in [0, 0.1) is 6.92 Å². The number of nitrogens with zero attached hydrogens (tertiary/aromatic N) is 2. The zero-order chi connectivity index (χ0) is 12.1. The highest BCUT2D eigenvalue weighted by molar-refractivity contribution is 5.96. The SMILES string of the molecule is Cc1ccc(C(=O)CCCn2ccnc2)cc1. The van der Waals surface area contributed by atoms with Crippen LogP contribution in [-0.2, 0) is 6.54 Å². The summed E-state index contributed by atoms with van der Waals surface area (Å²) in [4.78, 5) is 15.8.